The van der Waals surface area contributed by atoms with E-state index in [1.165, 1.54) is 12.8 Å². The molecule has 1 aromatic heterocycles. The minimum atomic E-state index is 0.180. The zero-order chi connectivity index (χ0) is 12.0. The number of aromatic nitrogens is 3. The van der Waals surface area contributed by atoms with Crippen molar-refractivity contribution in [1.82, 2.24) is 15.2 Å². The Hall–Kier alpha value is -0.900. The van der Waals surface area contributed by atoms with Crippen molar-refractivity contribution in [3.8, 4) is 0 Å². The maximum absolute atomic E-state index is 5.65. The van der Waals surface area contributed by atoms with E-state index in [0.717, 1.165) is 12.3 Å². The Bertz CT molecular complexity index is 317. The van der Waals surface area contributed by atoms with Crippen LogP contribution in [-0.4, -0.2) is 21.2 Å². The van der Waals surface area contributed by atoms with Gasteiger partial charge in [-0.15, -0.1) is 5.10 Å². The van der Waals surface area contributed by atoms with Gasteiger partial charge in [0, 0.05) is 6.04 Å². The SMILES string of the molecule is CC(C)CCCC(C)Nc1cnnc(Cl)n1. The van der Waals surface area contributed by atoms with Gasteiger partial charge >= 0.3 is 0 Å². The van der Waals surface area contributed by atoms with Crippen LogP contribution in [0.2, 0.25) is 5.28 Å². The summed E-state index contributed by atoms with van der Waals surface area (Å²) in [6, 6.07) is 0.381. The molecule has 0 saturated heterocycles. The molecule has 1 unspecified atom stereocenters. The second-order valence-corrected chi connectivity index (χ2v) is 4.82. The maximum atomic E-state index is 5.65. The number of halogens is 1. The minimum absolute atomic E-state index is 0.180. The van der Waals surface area contributed by atoms with E-state index in [9.17, 15) is 0 Å². The van der Waals surface area contributed by atoms with Gasteiger partial charge in [-0.25, -0.2) is 0 Å². The largest absolute Gasteiger partial charge is 0.366 e. The van der Waals surface area contributed by atoms with Crippen LogP contribution in [0.4, 0.5) is 5.82 Å². The fourth-order valence-corrected chi connectivity index (χ4v) is 1.64. The summed E-state index contributed by atoms with van der Waals surface area (Å²) < 4.78 is 0. The van der Waals surface area contributed by atoms with Crippen LogP contribution in [0.5, 0.6) is 0 Å². The molecule has 0 aliphatic rings. The van der Waals surface area contributed by atoms with Gasteiger partial charge in [-0.05, 0) is 30.9 Å². The van der Waals surface area contributed by atoms with Crippen LogP contribution in [0.3, 0.4) is 0 Å². The molecule has 0 bridgehead atoms. The zero-order valence-corrected chi connectivity index (χ0v) is 10.8. The molecule has 1 heterocycles. The van der Waals surface area contributed by atoms with Crippen molar-refractivity contribution in [1.29, 1.82) is 0 Å². The minimum Gasteiger partial charge on any atom is -0.366 e. The fraction of sp³-hybridized carbons (Fsp3) is 0.727. The summed E-state index contributed by atoms with van der Waals surface area (Å²) in [6.45, 7) is 6.62. The molecule has 0 saturated carbocycles. The van der Waals surface area contributed by atoms with Gasteiger partial charge in [0.05, 0.1) is 6.20 Å². The molecule has 1 atom stereocenters. The topological polar surface area (TPSA) is 50.7 Å². The van der Waals surface area contributed by atoms with E-state index in [1.807, 2.05) is 0 Å². The summed E-state index contributed by atoms with van der Waals surface area (Å²) in [5.74, 6) is 1.46. The van der Waals surface area contributed by atoms with Crippen molar-refractivity contribution >= 4 is 17.4 Å². The fourth-order valence-electron chi connectivity index (χ4n) is 1.51. The van der Waals surface area contributed by atoms with E-state index < -0.39 is 0 Å². The monoisotopic (exact) mass is 242 g/mol. The van der Waals surface area contributed by atoms with Gasteiger partial charge in [0.2, 0.25) is 5.28 Å². The van der Waals surface area contributed by atoms with Crippen LogP contribution < -0.4 is 5.32 Å². The highest BCUT2D eigenvalue weighted by atomic mass is 35.5. The maximum Gasteiger partial charge on any atom is 0.244 e. The smallest absolute Gasteiger partial charge is 0.244 e. The van der Waals surface area contributed by atoms with E-state index in [-0.39, 0.29) is 5.28 Å². The normalized spacial score (nSPS) is 12.8. The molecular weight excluding hydrogens is 224 g/mol. The molecule has 1 N–H and O–H groups in total. The Morgan fingerprint density at radius 3 is 2.69 bits per heavy atom. The molecule has 0 fully saturated rings. The summed E-state index contributed by atoms with van der Waals surface area (Å²) in [7, 11) is 0. The molecule has 5 heteroatoms. The number of hydrogen-bond donors (Lipinski definition) is 1. The molecule has 90 valence electrons. The number of nitrogens with zero attached hydrogens (tertiary/aromatic N) is 3. The lowest BCUT2D eigenvalue weighted by Gasteiger charge is -2.14. The Morgan fingerprint density at radius 1 is 1.31 bits per heavy atom. The highest BCUT2D eigenvalue weighted by Gasteiger charge is 2.04. The van der Waals surface area contributed by atoms with Gasteiger partial charge in [-0.3, -0.25) is 0 Å². The molecule has 0 aliphatic carbocycles. The lowest BCUT2D eigenvalue weighted by molar-refractivity contribution is 0.520. The second-order valence-electron chi connectivity index (χ2n) is 4.48. The number of nitrogens with one attached hydrogen (secondary N) is 1. The average molecular weight is 243 g/mol. The van der Waals surface area contributed by atoms with Crippen molar-refractivity contribution in [3.05, 3.63) is 11.5 Å². The molecule has 0 amide bonds. The van der Waals surface area contributed by atoms with Crippen molar-refractivity contribution in [3.63, 3.8) is 0 Å². The summed E-state index contributed by atoms with van der Waals surface area (Å²) in [4.78, 5) is 4.04. The average Bonchev–Trinajstić information content (AvgIpc) is 2.16. The number of rotatable bonds is 6. The van der Waals surface area contributed by atoms with Crippen LogP contribution in [0, 0.1) is 5.92 Å². The molecule has 16 heavy (non-hydrogen) atoms. The zero-order valence-electron chi connectivity index (χ0n) is 10.1. The Morgan fingerprint density at radius 2 is 2.06 bits per heavy atom. The standard InChI is InChI=1S/C11H19ClN4/c1-8(2)5-4-6-9(3)14-10-7-13-16-11(12)15-10/h7-9H,4-6H2,1-3H3,(H,14,15,16). The van der Waals surface area contributed by atoms with Crippen LogP contribution >= 0.6 is 11.6 Å². The first kappa shape index (κ1) is 13.2. The van der Waals surface area contributed by atoms with E-state index in [1.54, 1.807) is 6.20 Å². The van der Waals surface area contributed by atoms with Crippen LogP contribution in [0.1, 0.15) is 40.0 Å². The molecule has 0 aliphatic heterocycles. The quantitative estimate of drug-likeness (QED) is 0.833. The van der Waals surface area contributed by atoms with E-state index in [2.05, 4.69) is 41.3 Å². The Labute approximate surface area is 102 Å². The summed E-state index contributed by atoms with van der Waals surface area (Å²) in [6.07, 6.45) is 5.19. The first-order valence-corrected chi connectivity index (χ1v) is 6.07. The summed E-state index contributed by atoms with van der Waals surface area (Å²) >= 11 is 5.65. The summed E-state index contributed by atoms with van der Waals surface area (Å²) in [5.41, 5.74) is 0. The second kappa shape index (κ2) is 6.63. The predicted octanol–water partition coefficient (Wildman–Crippen LogP) is 3.15. The van der Waals surface area contributed by atoms with E-state index >= 15 is 0 Å². The van der Waals surface area contributed by atoms with E-state index in [0.29, 0.717) is 11.9 Å². The highest BCUT2D eigenvalue weighted by molar-refractivity contribution is 6.28. The van der Waals surface area contributed by atoms with Crippen LogP contribution in [0.15, 0.2) is 6.20 Å². The van der Waals surface area contributed by atoms with Crippen molar-refractivity contribution in [2.24, 2.45) is 5.92 Å². The van der Waals surface area contributed by atoms with Crippen LogP contribution in [0.25, 0.3) is 0 Å². The van der Waals surface area contributed by atoms with Gasteiger partial charge in [0.1, 0.15) is 5.82 Å². The Balaban J connectivity index is 2.31. The van der Waals surface area contributed by atoms with E-state index in [4.69, 9.17) is 11.6 Å². The predicted molar refractivity (Wildman–Crippen MR) is 66.6 cm³/mol. The third-order valence-electron chi connectivity index (χ3n) is 2.35. The number of anilines is 1. The number of hydrogen-bond acceptors (Lipinski definition) is 4. The van der Waals surface area contributed by atoms with Crippen molar-refractivity contribution < 1.29 is 0 Å². The third-order valence-corrected chi connectivity index (χ3v) is 2.51. The lowest BCUT2D eigenvalue weighted by atomic mass is 10.0. The van der Waals surface area contributed by atoms with Crippen molar-refractivity contribution in [2.45, 2.75) is 46.1 Å². The third kappa shape index (κ3) is 5.26. The molecule has 0 radical (unpaired) electrons. The van der Waals surface area contributed by atoms with Gasteiger partial charge in [-0.2, -0.15) is 10.1 Å². The molecular formula is C11H19ClN4. The van der Waals surface area contributed by atoms with Gasteiger partial charge in [0.15, 0.2) is 0 Å². The first-order chi connectivity index (χ1) is 7.58. The first-order valence-electron chi connectivity index (χ1n) is 5.69. The molecule has 1 rings (SSSR count). The molecule has 0 aromatic carbocycles. The summed E-state index contributed by atoms with van der Waals surface area (Å²) in [5, 5.41) is 10.8. The van der Waals surface area contributed by atoms with Crippen molar-refractivity contribution in [2.75, 3.05) is 5.32 Å². The van der Waals surface area contributed by atoms with Gasteiger partial charge in [0.25, 0.3) is 0 Å². The van der Waals surface area contributed by atoms with Gasteiger partial charge in [-0.1, -0.05) is 26.7 Å². The molecule has 0 spiro atoms. The van der Waals surface area contributed by atoms with Crippen LogP contribution in [-0.2, 0) is 0 Å². The molecule has 4 nitrogen and oxygen atoms in total. The van der Waals surface area contributed by atoms with Gasteiger partial charge < -0.3 is 5.32 Å². The lowest BCUT2D eigenvalue weighted by Crippen LogP contribution is -2.16. The highest BCUT2D eigenvalue weighted by Crippen LogP contribution is 2.12. The molecule has 1 aromatic rings. The Kier molecular flexibility index (Phi) is 5.46.